The molecule has 0 aliphatic carbocycles. The van der Waals surface area contributed by atoms with E-state index in [1.807, 2.05) is 20.8 Å². The number of aliphatic hydroxyl groups is 1. The third-order valence-corrected chi connectivity index (χ3v) is 3.79. The van der Waals surface area contributed by atoms with Gasteiger partial charge in [-0.3, -0.25) is 4.79 Å². The summed E-state index contributed by atoms with van der Waals surface area (Å²) in [6.45, 7) is 6.16. The van der Waals surface area contributed by atoms with Gasteiger partial charge in [0, 0.05) is 12.7 Å². The van der Waals surface area contributed by atoms with E-state index in [0.717, 1.165) is 5.56 Å². The van der Waals surface area contributed by atoms with Crippen molar-refractivity contribution in [2.24, 2.45) is 0 Å². The molecule has 5 nitrogen and oxygen atoms in total. The maximum atomic E-state index is 12.6. The predicted molar refractivity (Wildman–Crippen MR) is 71.3 cm³/mol. The van der Waals surface area contributed by atoms with Gasteiger partial charge in [-0.25, -0.2) is 4.98 Å². The zero-order valence-corrected chi connectivity index (χ0v) is 11.8. The van der Waals surface area contributed by atoms with E-state index in [0.29, 0.717) is 24.4 Å². The molecule has 1 aliphatic rings. The highest BCUT2D eigenvalue weighted by molar-refractivity contribution is 5.95. The molecule has 1 aromatic heterocycles. The van der Waals surface area contributed by atoms with Crippen molar-refractivity contribution in [2.45, 2.75) is 38.8 Å². The minimum Gasteiger partial charge on any atom is -0.494 e. The first-order valence-corrected chi connectivity index (χ1v) is 6.38. The molecule has 0 aromatic carbocycles. The Bertz CT molecular complexity index is 499. The number of hydrogen-bond acceptors (Lipinski definition) is 4. The van der Waals surface area contributed by atoms with Crippen molar-refractivity contribution in [1.82, 2.24) is 9.88 Å². The molecule has 1 amide bonds. The third kappa shape index (κ3) is 2.30. The zero-order valence-electron chi connectivity index (χ0n) is 11.8. The normalized spacial score (nSPS) is 21.5. The lowest BCUT2D eigenvalue weighted by Crippen LogP contribution is -2.48. The lowest BCUT2D eigenvalue weighted by atomic mass is 9.98. The molecular formula is C14H20N2O3. The van der Waals surface area contributed by atoms with Crippen molar-refractivity contribution >= 4 is 5.91 Å². The van der Waals surface area contributed by atoms with Gasteiger partial charge < -0.3 is 14.7 Å². The Morgan fingerprint density at radius 2 is 2.26 bits per heavy atom. The van der Waals surface area contributed by atoms with E-state index in [4.69, 9.17) is 4.74 Å². The second-order valence-corrected chi connectivity index (χ2v) is 5.48. The summed E-state index contributed by atoms with van der Waals surface area (Å²) >= 11 is 0. The van der Waals surface area contributed by atoms with Gasteiger partial charge in [0.05, 0.1) is 18.8 Å². The number of aryl methyl sites for hydroxylation is 1. The number of methoxy groups -OCH3 is 1. The topological polar surface area (TPSA) is 62.7 Å². The number of ether oxygens (including phenoxy) is 1. The van der Waals surface area contributed by atoms with E-state index < -0.39 is 11.6 Å². The van der Waals surface area contributed by atoms with E-state index in [-0.39, 0.29) is 5.91 Å². The molecule has 1 atom stereocenters. The van der Waals surface area contributed by atoms with Crippen molar-refractivity contribution < 1.29 is 14.6 Å². The smallest absolute Gasteiger partial charge is 0.276 e. The number of rotatable bonds is 2. The van der Waals surface area contributed by atoms with E-state index >= 15 is 0 Å². The van der Waals surface area contributed by atoms with Crippen LogP contribution in [0.15, 0.2) is 12.3 Å². The van der Waals surface area contributed by atoms with Crippen molar-refractivity contribution in [1.29, 1.82) is 0 Å². The standard InChI is InChI=1S/C14H20N2O3/c1-9-7-10(19-4)12(15-8-9)13(18)16-6-5-11(17)14(16,2)3/h7-8,11,17H,5-6H2,1-4H3/t11-/m0/s1. The fourth-order valence-electron chi connectivity index (χ4n) is 2.42. The van der Waals surface area contributed by atoms with E-state index in [2.05, 4.69) is 4.98 Å². The average Bonchev–Trinajstić information content (AvgIpc) is 2.63. The van der Waals surface area contributed by atoms with Gasteiger partial charge in [-0.15, -0.1) is 0 Å². The number of pyridine rings is 1. The lowest BCUT2D eigenvalue weighted by Gasteiger charge is -2.33. The molecule has 1 aromatic rings. The molecule has 0 radical (unpaired) electrons. The monoisotopic (exact) mass is 264 g/mol. The molecule has 0 bridgehead atoms. The van der Waals surface area contributed by atoms with Crippen LogP contribution in [0.2, 0.25) is 0 Å². The van der Waals surface area contributed by atoms with Gasteiger partial charge in [0.1, 0.15) is 5.75 Å². The summed E-state index contributed by atoms with van der Waals surface area (Å²) in [5, 5.41) is 9.95. The van der Waals surface area contributed by atoms with Crippen LogP contribution in [0.4, 0.5) is 0 Å². The maximum Gasteiger partial charge on any atom is 0.276 e. The molecule has 19 heavy (non-hydrogen) atoms. The number of amides is 1. The first-order chi connectivity index (χ1) is 8.87. The molecule has 1 aliphatic heterocycles. The third-order valence-electron chi connectivity index (χ3n) is 3.79. The number of likely N-dealkylation sites (tertiary alicyclic amines) is 1. The molecule has 1 saturated heterocycles. The van der Waals surface area contributed by atoms with Crippen molar-refractivity contribution in [3.63, 3.8) is 0 Å². The molecule has 1 N–H and O–H groups in total. The van der Waals surface area contributed by atoms with E-state index in [9.17, 15) is 9.90 Å². The summed E-state index contributed by atoms with van der Waals surface area (Å²) in [6, 6.07) is 1.79. The van der Waals surface area contributed by atoms with Crippen molar-refractivity contribution in [3.8, 4) is 5.75 Å². The van der Waals surface area contributed by atoms with E-state index in [1.54, 1.807) is 17.2 Å². The number of aliphatic hydroxyl groups excluding tert-OH is 1. The maximum absolute atomic E-state index is 12.6. The summed E-state index contributed by atoms with van der Waals surface area (Å²) in [5.41, 5.74) is 0.665. The number of nitrogens with zero attached hydrogens (tertiary/aromatic N) is 2. The van der Waals surface area contributed by atoms with Gasteiger partial charge >= 0.3 is 0 Å². The molecular weight excluding hydrogens is 244 g/mol. The summed E-state index contributed by atoms with van der Waals surface area (Å²) in [4.78, 5) is 18.4. The molecule has 5 heteroatoms. The van der Waals surface area contributed by atoms with E-state index in [1.165, 1.54) is 7.11 Å². The Kier molecular flexibility index (Phi) is 3.49. The van der Waals surface area contributed by atoms with Crippen LogP contribution in [0.1, 0.15) is 36.3 Å². The van der Waals surface area contributed by atoms with Crippen LogP contribution in [-0.2, 0) is 0 Å². The van der Waals surface area contributed by atoms with Gasteiger partial charge in [0.15, 0.2) is 5.69 Å². The summed E-state index contributed by atoms with van der Waals surface area (Å²) < 4.78 is 5.23. The number of hydrogen-bond donors (Lipinski definition) is 1. The Morgan fingerprint density at radius 1 is 1.58 bits per heavy atom. The Balaban J connectivity index is 2.35. The summed E-state index contributed by atoms with van der Waals surface area (Å²) in [6.07, 6.45) is 1.73. The van der Waals surface area contributed by atoms with Crippen LogP contribution in [-0.4, -0.2) is 46.2 Å². The minimum absolute atomic E-state index is 0.196. The molecule has 0 unspecified atom stereocenters. The highest BCUT2D eigenvalue weighted by Gasteiger charge is 2.44. The van der Waals surface area contributed by atoms with Gasteiger partial charge in [-0.2, -0.15) is 0 Å². The average molecular weight is 264 g/mol. The van der Waals surface area contributed by atoms with Crippen LogP contribution in [0.5, 0.6) is 5.75 Å². The van der Waals surface area contributed by atoms with Gasteiger partial charge in [-0.05, 0) is 38.8 Å². The van der Waals surface area contributed by atoms with Gasteiger partial charge in [0.25, 0.3) is 5.91 Å². The molecule has 2 heterocycles. The number of carbonyl (C=O) groups excluding carboxylic acids is 1. The minimum atomic E-state index is -0.575. The van der Waals surface area contributed by atoms with Crippen LogP contribution >= 0.6 is 0 Å². The van der Waals surface area contributed by atoms with Crippen LogP contribution in [0.3, 0.4) is 0 Å². The fourth-order valence-corrected chi connectivity index (χ4v) is 2.42. The van der Waals surface area contributed by atoms with Crippen molar-refractivity contribution in [2.75, 3.05) is 13.7 Å². The molecule has 0 spiro atoms. The lowest BCUT2D eigenvalue weighted by molar-refractivity contribution is 0.0387. The molecule has 104 valence electrons. The van der Waals surface area contributed by atoms with Crippen LogP contribution in [0, 0.1) is 6.92 Å². The highest BCUT2D eigenvalue weighted by Crippen LogP contribution is 2.31. The molecule has 2 rings (SSSR count). The second-order valence-electron chi connectivity index (χ2n) is 5.48. The molecule has 1 fully saturated rings. The highest BCUT2D eigenvalue weighted by atomic mass is 16.5. The Morgan fingerprint density at radius 3 is 2.79 bits per heavy atom. The van der Waals surface area contributed by atoms with Crippen molar-refractivity contribution in [3.05, 3.63) is 23.5 Å². The van der Waals surface area contributed by atoms with Crippen LogP contribution in [0.25, 0.3) is 0 Å². The Labute approximate surface area is 113 Å². The first kappa shape index (κ1) is 13.8. The van der Waals surface area contributed by atoms with Gasteiger partial charge in [-0.1, -0.05) is 0 Å². The Hall–Kier alpha value is -1.62. The summed E-state index contributed by atoms with van der Waals surface area (Å²) in [5.74, 6) is 0.278. The predicted octanol–water partition coefficient (Wildman–Crippen LogP) is 1.38. The second kappa shape index (κ2) is 4.81. The number of carbonyl (C=O) groups is 1. The quantitative estimate of drug-likeness (QED) is 0.876. The summed E-state index contributed by atoms with van der Waals surface area (Å²) in [7, 11) is 1.53. The first-order valence-electron chi connectivity index (χ1n) is 6.38. The largest absolute Gasteiger partial charge is 0.494 e. The number of aromatic nitrogens is 1. The zero-order chi connectivity index (χ0) is 14.2. The fraction of sp³-hybridized carbons (Fsp3) is 0.571. The van der Waals surface area contributed by atoms with Gasteiger partial charge in [0.2, 0.25) is 0 Å². The molecule has 0 saturated carbocycles. The SMILES string of the molecule is COc1cc(C)cnc1C(=O)N1CC[C@H](O)C1(C)C. The van der Waals surface area contributed by atoms with Crippen LogP contribution < -0.4 is 4.74 Å².